The summed E-state index contributed by atoms with van der Waals surface area (Å²) in [5, 5.41) is 0. The number of hydrogen-bond acceptors (Lipinski definition) is 2. The van der Waals surface area contributed by atoms with Crippen molar-refractivity contribution in [3.8, 4) is 0 Å². The van der Waals surface area contributed by atoms with Crippen molar-refractivity contribution in [2.75, 3.05) is 0 Å². The molecule has 0 N–H and O–H groups in total. The summed E-state index contributed by atoms with van der Waals surface area (Å²) in [6, 6.07) is 0. The van der Waals surface area contributed by atoms with E-state index in [0.29, 0.717) is 29.0 Å². The van der Waals surface area contributed by atoms with Crippen molar-refractivity contribution in [2.45, 2.75) is 66.1 Å². The Morgan fingerprint density at radius 1 is 0.933 bits per heavy atom. The van der Waals surface area contributed by atoms with Crippen LogP contribution in [0, 0.1) is 16.7 Å². The van der Waals surface area contributed by atoms with E-state index in [1.165, 1.54) is 19.3 Å². The predicted octanol–water partition coefficient (Wildman–Crippen LogP) is 3.56. The van der Waals surface area contributed by atoms with E-state index >= 15 is 0 Å². The van der Waals surface area contributed by atoms with Gasteiger partial charge in [-0.25, -0.2) is 9.78 Å². The second-order valence-electron chi connectivity index (χ2n) is 6.70. The topological polar surface area (TPSA) is 18.5 Å². The van der Waals surface area contributed by atoms with Crippen molar-refractivity contribution in [1.82, 2.24) is 0 Å². The molecule has 2 heteroatoms. The van der Waals surface area contributed by atoms with E-state index in [1.54, 1.807) is 0 Å². The van der Waals surface area contributed by atoms with Gasteiger partial charge in [-0.15, -0.1) is 0 Å². The molecule has 2 aliphatic rings. The first-order valence-electron chi connectivity index (χ1n) is 6.16. The average molecular weight is 212 g/mol. The first-order chi connectivity index (χ1) is 6.84. The van der Waals surface area contributed by atoms with Crippen LogP contribution in [0.25, 0.3) is 0 Å². The molecule has 1 aliphatic heterocycles. The molecular weight excluding hydrogens is 188 g/mol. The molecule has 0 aromatic rings. The fourth-order valence-electron chi connectivity index (χ4n) is 2.77. The molecule has 0 aromatic carbocycles. The molecule has 1 aliphatic carbocycles. The van der Waals surface area contributed by atoms with Crippen LogP contribution in [-0.2, 0) is 9.78 Å². The molecule has 0 radical (unpaired) electrons. The lowest BCUT2D eigenvalue weighted by Crippen LogP contribution is -2.56. The minimum absolute atomic E-state index is 0.306. The normalized spacial score (nSPS) is 37.0. The van der Waals surface area contributed by atoms with E-state index < -0.39 is 0 Å². The molecule has 0 bridgehead atoms. The first-order valence-corrected chi connectivity index (χ1v) is 6.16. The van der Waals surface area contributed by atoms with Gasteiger partial charge in [-0.2, -0.15) is 0 Å². The Kier molecular flexibility index (Phi) is 2.63. The highest BCUT2D eigenvalue weighted by Crippen LogP contribution is 2.52. The standard InChI is InChI=1S/C13H24O2/c1-12(2,3)13(4,5)9-7-6-8-10-11(9)15-14-10/h9-11H,6-8H2,1-5H3. The first kappa shape index (κ1) is 11.4. The van der Waals surface area contributed by atoms with E-state index in [0.717, 1.165) is 0 Å². The van der Waals surface area contributed by atoms with Gasteiger partial charge < -0.3 is 0 Å². The van der Waals surface area contributed by atoms with Gasteiger partial charge in [0.05, 0.1) is 0 Å². The molecule has 0 aromatic heterocycles. The third kappa shape index (κ3) is 1.72. The summed E-state index contributed by atoms with van der Waals surface area (Å²) in [5.41, 5.74) is 0.624. The van der Waals surface area contributed by atoms with Crippen LogP contribution in [-0.4, -0.2) is 12.2 Å². The summed E-state index contributed by atoms with van der Waals surface area (Å²) in [4.78, 5) is 10.5. The largest absolute Gasteiger partial charge is 0.230 e. The third-order valence-electron chi connectivity index (χ3n) is 4.92. The van der Waals surface area contributed by atoms with E-state index in [1.807, 2.05) is 0 Å². The molecule has 3 atom stereocenters. The van der Waals surface area contributed by atoms with Gasteiger partial charge >= 0.3 is 0 Å². The zero-order valence-corrected chi connectivity index (χ0v) is 10.7. The summed E-state index contributed by atoms with van der Waals surface area (Å²) in [6.07, 6.45) is 4.49. The van der Waals surface area contributed by atoms with Crippen molar-refractivity contribution in [1.29, 1.82) is 0 Å². The van der Waals surface area contributed by atoms with Gasteiger partial charge in [0.2, 0.25) is 0 Å². The summed E-state index contributed by atoms with van der Waals surface area (Å²) in [6.45, 7) is 11.7. The summed E-state index contributed by atoms with van der Waals surface area (Å²) >= 11 is 0. The van der Waals surface area contributed by atoms with E-state index in [9.17, 15) is 0 Å². The van der Waals surface area contributed by atoms with Gasteiger partial charge in [0.15, 0.2) is 0 Å². The SMILES string of the molecule is CC(C)(C)C(C)(C)C1CCCC2OOC21. The van der Waals surface area contributed by atoms with Gasteiger partial charge in [0.25, 0.3) is 0 Å². The lowest BCUT2D eigenvalue weighted by atomic mass is 9.57. The van der Waals surface area contributed by atoms with Gasteiger partial charge in [-0.3, -0.25) is 0 Å². The molecule has 3 unspecified atom stereocenters. The van der Waals surface area contributed by atoms with Crippen molar-refractivity contribution in [3.63, 3.8) is 0 Å². The Morgan fingerprint density at radius 2 is 1.60 bits per heavy atom. The number of fused-ring (bicyclic) bond motifs is 1. The molecule has 1 saturated heterocycles. The summed E-state index contributed by atoms with van der Waals surface area (Å²) in [5.74, 6) is 0.644. The molecule has 1 heterocycles. The van der Waals surface area contributed by atoms with Crippen LogP contribution >= 0.6 is 0 Å². The fourth-order valence-corrected chi connectivity index (χ4v) is 2.77. The van der Waals surface area contributed by atoms with Gasteiger partial charge in [0.1, 0.15) is 12.2 Å². The van der Waals surface area contributed by atoms with Gasteiger partial charge in [-0.1, -0.05) is 41.0 Å². The van der Waals surface area contributed by atoms with Crippen LogP contribution in [0.4, 0.5) is 0 Å². The predicted molar refractivity (Wildman–Crippen MR) is 60.3 cm³/mol. The van der Waals surface area contributed by atoms with Crippen LogP contribution in [0.5, 0.6) is 0 Å². The minimum Gasteiger partial charge on any atom is -0.230 e. The van der Waals surface area contributed by atoms with Crippen LogP contribution in [0.3, 0.4) is 0 Å². The molecule has 88 valence electrons. The minimum atomic E-state index is 0.306. The Hall–Kier alpha value is -0.0800. The molecule has 2 fully saturated rings. The average Bonchev–Trinajstić information content (AvgIpc) is 2.04. The number of rotatable bonds is 1. The van der Waals surface area contributed by atoms with Crippen LogP contribution in [0.1, 0.15) is 53.9 Å². The van der Waals surface area contributed by atoms with Crippen molar-refractivity contribution < 1.29 is 9.78 Å². The molecule has 0 spiro atoms. The molecule has 2 nitrogen and oxygen atoms in total. The number of hydrogen-bond donors (Lipinski definition) is 0. The zero-order valence-electron chi connectivity index (χ0n) is 10.7. The maximum atomic E-state index is 5.33. The zero-order chi connectivity index (χ0) is 11.3. The smallest absolute Gasteiger partial charge is 0.126 e. The second kappa shape index (κ2) is 3.46. The van der Waals surface area contributed by atoms with Crippen molar-refractivity contribution in [2.24, 2.45) is 16.7 Å². The molecule has 2 rings (SSSR count). The quantitative estimate of drug-likeness (QED) is 0.619. The fraction of sp³-hybridized carbons (Fsp3) is 1.00. The molecule has 15 heavy (non-hydrogen) atoms. The Bertz CT molecular complexity index is 239. The van der Waals surface area contributed by atoms with Crippen LogP contribution in [0.15, 0.2) is 0 Å². The van der Waals surface area contributed by atoms with Gasteiger partial charge in [-0.05, 0) is 29.6 Å². The van der Waals surface area contributed by atoms with Gasteiger partial charge in [0, 0.05) is 0 Å². The molecular formula is C13H24O2. The van der Waals surface area contributed by atoms with E-state index in [2.05, 4.69) is 34.6 Å². The lowest BCUT2D eigenvalue weighted by molar-refractivity contribution is -0.487. The Morgan fingerprint density at radius 3 is 2.07 bits per heavy atom. The highest BCUT2D eigenvalue weighted by molar-refractivity contribution is 4.98. The Labute approximate surface area is 93.3 Å². The second-order valence-corrected chi connectivity index (χ2v) is 6.70. The third-order valence-corrected chi connectivity index (χ3v) is 4.92. The van der Waals surface area contributed by atoms with E-state index in [-0.39, 0.29) is 0 Å². The van der Waals surface area contributed by atoms with Crippen molar-refractivity contribution in [3.05, 3.63) is 0 Å². The van der Waals surface area contributed by atoms with E-state index in [4.69, 9.17) is 9.78 Å². The molecule has 1 saturated carbocycles. The monoisotopic (exact) mass is 212 g/mol. The van der Waals surface area contributed by atoms with Crippen LogP contribution in [0.2, 0.25) is 0 Å². The molecule has 0 amide bonds. The highest BCUT2D eigenvalue weighted by Gasteiger charge is 2.52. The van der Waals surface area contributed by atoms with Crippen molar-refractivity contribution >= 4 is 0 Å². The maximum absolute atomic E-state index is 5.33. The van der Waals surface area contributed by atoms with Crippen LogP contribution < -0.4 is 0 Å². The maximum Gasteiger partial charge on any atom is 0.126 e. The summed E-state index contributed by atoms with van der Waals surface area (Å²) in [7, 11) is 0. The highest BCUT2D eigenvalue weighted by atomic mass is 17.2. The lowest BCUT2D eigenvalue weighted by Gasteiger charge is -2.54. The Balaban J connectivity index is 2.15. The summed E-state index contributed by atoms with van der Waals surface area (Å²) < 4.78 is 0.